The Morgan fingerprint density at radius 2 is 1.69 bits per heavy atom. The maximum absolute atomic E-state index is 12.2. The van der Waals surface area contributed by atoms with Gasteiger partial charge in [-0.2, -0.15) is 0 Å². The van der Waals surface area contributed by atoms with Gasteiger partial charge < -0.3 is 19.1 Å². The van der Waals surface area contributed by atoms with E-state index in [-0.39, 0.29) is 6.10 Å². The Kier molecular flexibility index (Phi) is 5.60. The van der Waals surface area contributed by atoms with Gasteiger partial charge in [0.2, 0.25) is 5.91 Å². The first-order valence-corrected chi connectivity index (χ1v) is 11.2. The van der Waals surface area contributed by atoms with Gasteiger partial charge >= 0.3 is 0 Å². The molecule has 2 heterocycles. The van der Waals surface area contributed by atoms with Crippen molar-refractivity contribution in [1.29, 1.82) is 0 Å². The molecule has 0 N–H and O–H groups in total. The minimum atomic E-state index is 0.161. The first-order chi connectivity index (χ1) is 15.7. The third-order valence-electron chi connectivity index (χ3n) is 6.36. The molecule has 6 nitrogen and oxygen atoms in total. The number of methoxy groups -OCH3 is 2. The van der Waals surface area contributed by atoms with E-state index in [0.29, 0.717) is 23.3 Å². The molecule has 0 atom stereocenters. The van der Waals surface area contributed by atoms with Crippen molar-refractivity contribution in [3.63, 3.8) is 0 Å². The molecule has 3 aromatic rings. The van der Waals surface area contributed by atoms with E-state index in [4.69, 9.17) is 14.2 Å². The molecule has 2 fully saturated rings. The third kappa shape index (κ3) is 4.09. The standard InChI is InChI=1S/C26H28N2O4/c1-30-23-10-7-19-15-20(16-27-24(19)25(23)31-2)17-5-8-21(9-6-17)32-22-11-13-28(14-12-22)26(29)18-3-4-18/h5-10,15-16,18,22H,3-4,11-14H2,1-2H3. The van der Waals surface area contributed by atoms with Gasteiger partial charge in [-0.05, 0) is 48.7 Å². The topological polar surface area (TPSA) is 60.9 Å². The van der Waals surface area contributed by atoms with Crippen LogP contribution in [-0.2, 0) is 4.79 Å². The zero-order chi connectivity index (χ0) is 22.1. The SMILES string of the molecule is COc1ccc2cc(-c3ccc(OC4CCN(C(=O)C5CC5)CC4)cc3)cnc2c1OC. The van der Waals surface area contributed by atoms with Crippen LogP contribution in [0.1, 0.15) is 25.7 Å². The minimum Gasteiger partial charge on any atom is -0.493 e. The number of amides is 1. The average Bonchev–Trinajstić information content (AvgIpc) is 3.69. The van der Waals surface area contributed by atoms with Gasteiger partial charge in [-0.3, -0.25) is 9.78 Å². The van der Waals surface area contributed by atoms with Gasteiger partial charge in [0.1, 0.15) is 17.4 Å². The Morgan fingerprint density at radius 1 is 0.938 bits per heavy atom. The molecule has 32 heavy (non-hydrogen) atoms. The number of benzene rings is 2. The first-order valence-electron chi connectivity index (χ1n) is 11.2. The summed E-state index contributed by atoms with van der Waals surface area (Å²) in [5.74, 6) is 2.82. The number of nitrogens with zero attached hydrogens (tertiary/aromatic N) is 2. The Balaban J connectivity index is 1.25. The lowest BCUT2D eigenvalue weighted by molar-refractivity contribution is -0.134. The first kappa shape index (κ1) is 20.6. The molecule has 166 valence electrons. The number of carbonyl (C=O) groups is 1. The summed E-state index contributed by atoms with van der Waals surface area (Å²) in [5, 5.41) is 0.994. The fourth-order valence-electron chi connectivity index (χ4n) is 4.37. The van der Waals surface area contributed by atoms with E-state index in [2.05, 4.69) is 23.2 Å². The van der Waals surface area contributed by atoms with E-state index in [1.54, 1.807) is 14.2 Å². The van der Waals surface area contributed by atoms with E-state index in [0.717, 1.165) is 66.6 Å². The Morgan fingerprint density at radius 3 is 2.34 bits per heavy atom. The second-order valence-corrected chi connectivity index (χ2v) is 8.54. The van der Waals surface area contributed by atoms with Crippen LogP contribution in [0.25, 0.3) is 22.0 Å². The molecule has 1 aliphatic heterocycles. The summed E-state index contributed by atoms with van der Waals surface area (Å²) in [7, 11) is 3.25. The van der Waals surface area contributed by atoms with Gasteiger partial charge in [-0.15, -0.1) is 0 Å². The van der Waals surface area contributed by atoms with Gasteiger partial charge in [0.15, 0.2) is 11.5 Å². The monoisotopic (exact) mass is 432 g/mol. The van der Waals surface area contributed by atoms with Gasteiger partial charge in [0.25, 0.3) is 0 Å². The van der Waals surface area contributed by atoms with Gasteiger partial charge in [0.05, 0.1) is 14.2 Å². The summed E-state index contributed by atoms with van der Waals surface area (Å²) in [6.07, 6.45) is 5.92. The molecule has 0 radical (unpaired) electrons. The number of piperidine rings is 1. The van der Waals surface area contributed by atoms with Crippen LogP contribution in [0.15, 0.2) is 48.7 Å². The number of rotatable bonds is 6. The summed E-state index contributed by atoms with van der Waals surface area (Å²) in [6.45, 7) is 1.60. The maximum atomic E-state index is 12.2. The number of hydrogen-bond acceptors (Lipinski definition) is 5. The van der Waals surface area contributed by atoms with Crippen molar-refractivity contribution in [3.8, 4) is 28.4 Å². The second kappa shape index (κ2) is 8.69. The van der Waals surface area contributed by atoms with E-state index >= 15 is 0 Å². The lowest BCUT2D eigenvalue weighted by atomic mass is 10.0. The second-order valence-electron chi connectivity index (χ2n) is 8.54. The summed E-state index contributed by atoms with van der Waals surface area (Å²) in [6, 6.07) is 14.1. The zero-order valence-corrected chi connectivity index (χ0v) is 18.5. The van der Waals surface area contributed by atoms with Crippen LogP contribution >= 0.6 is 0 Å². The van der Waals surface area contributed by atoms with Crippen molar-refractivity contribution < 1.29 is 19.0 Å². The smallest absolute Gasteiger partial charge is 0.225 e. The molecule has 2 aromatic carbocycles. The quantitative estimate of drug-likeness (QED) is 0.565. The van der Waals surface area contributed by atoms with Gasteiger partial charge in [0, 0.05) is 49.0 Å². The zero-order valence-electron chi connectivity index (χ0n) is 18.5. The van der Waals surface area contributed by atoms with Crippen molar-refractivity contribution in [2.75, 3.05) is 27.3 Å². The molecule has 0 bridgehead atoms. The van der Waals surface area contributed by atoms with Crippen LogP contribution < -0.4 is 14.2 Å². The van der Waals surface area contributed by atoms with E-state index in [1.165, 1.54) is 0 Å². The van der Waals surface area contributed by atoms with Gasteiger partial charge in [-0.25, -0.2) is 0 Å². The molecule has 6 heteroatoms. The number of likely N-dealkylation sites (tertiary alicyclic amines) is 1. The molecular formula is C26H28N2O4. The highest BCUT2D eigenvalue weighted by Gasteiger charge is 2.35. The fraction of sp³-hybridized carbons (Fsp3) is 0.385. The largest absolute Gasteiger partial charge is 0.493 e. The lowest BCUT2D eigenvalue weighted by Crippen LogP contribution is -2.42. The predicted molar refractivity (Wildman–Crippen MR) is 123 cm³/mol. The normalized spacial score (nSPS) is 16.8. The molecule has 1 aromatic heterocycles. The van der Waals surface area contributed by atoms with Crippen LogP contribution in [0.4, 0.5) is 0 Å². The van der Waals surface area contributed by atoms with Crippen molar-refractivity contribution in [2.45, 2.75) is 31.8 Å². The highest BCUT2D eigenvalue weighted by Crippen LogP contribution is 2.36. The van der Waals surface area contributed by atoms with Crippen LogP contribution in [0.2, 0.25) is 0 Å². The fourth-order valence-corrected chi connectivity index (χ4v) is 4.37. The van der Waals surface area contributed by atoms with E-state index in [1.807, 2.05) is 35.4 Å². The number of aromatic nitrogens is 1. The summed E-state index contributed by atoms with van der Waals surface area (Å²) in [5.41, 5.74) is 2.89. The number of carbonyl (C=O) groups excluding carboxylic acids is 1. The minimum absolute atomic E-state index is 0.161. The maximum Gasteiger partial charge on any atom is 0.225 e. The molecule has 1 amide bonds. The van der Waals surface area contributed by atoms with E-state index in [9.17, 15) is 4.79 Å². The lowest BCUT2D eigenvalue weighted by Gasteiger charge is -2.32. The molecule has 1 saturated heterocycles. The molecule has 1 aliphatic carbocycles. The highest BCUT2D eigenvalue weighted by atomic mass is 16.5. The Hall–Kier alpha value is -3.28. The van der Waals surface area contributed by atoms with Crippen LogP contribution in [-0.4, -0.2) is 49.2 Å². The molecule has 0 spiro atoms. The molecule has 5 rings (SSSR count). The van der Waals surface area contributed by atoms with Crippen LogP contribution in [0, 0.1) is 5.92 Å². The number of pyridine rings is 1. The number of fused-ring (bicyclic) bond motifs is 1. The van der Waals surface area contributed by atoms with Crippen molar-refractivity contribution in [2.24, 2.45) is 5.92 Å². The summed E-state index contributed by atoms with van der Waals surface area (Å²) >= 11 is 0. The van der Waals surface area contributed by atoms with E-state index < -0.39 is 0 Å². The van der Waals surface area contributed by atoms with Crippen molar-refractivity contribution in [3.05, 3.63) is 48.7 Å². The molecular weight excluding hydrogens is 404 g/mol. The predicted octanol–water partition coefficient (Wildman–Crippen LogP) is 4.70. The summed E-state index contributed by atoms with van der Waals surface area (Å²) < 4.78 is 17.1. The molecule has 2 aliphatic rings. The summed E-state index contributed by atoms with van der Waals surface area (Å²) in [4.78, 5) is 18.8. The number of hydrogen-bond donors (Lipinski definition) is 0. The van der Waals surface area contributed by atoms with Gasteiger partial charge in [-0.1, -0.05) is 12.1 Å². The van der Waals surface area contributed by atoms with Crippen LogP contribution in [0.5, 0.6) is 17.2 Å². The van der Waals surface area contributed by atoms with Crippen LogP contribution in [0.3, 0.4) is 0 Å². The number of ether oxygens (including phenoxy) is 3. The van der Waals surface area contributed by atoms with Crippen molar-refractivity contribution >= 4 is 16.8 Å². The average molecular weight is 433 g/mol. The molecule has 1 saturated carbocycles. The Bertz CT molecular complexity index is 1120. The third-order valence-corrected chi connectivity index (χ3v) is 6.36. The highest BCUT2D eigenvalue weighted by molar-refractivity contribution is 5.90. The van der Waals surface area contributed by atoms with Crippen molar-refractivity contribution in [1.82, 2.24) is 9.88 Å². The molecule has 0 unspecified atom stereocenters. The Labute approximate surface area is 188 Å².